The van der Waals surface area contributed by atoms with Crippen LogP contribution in [-0.4, -0.2) is 85.9 Å². The molecule has 1 aliphatic rings. The SMILES string of the molecule is CNc1cc(OCCN2CCN(C(=O)OC(C)(C)C)CC2)c(OC)cc1C(=N)Oc1ccc2[nH]c(C)cc2c1. The summed E-state index contributed by atoms with van der Waals surface area (Å²) in [7, 11) is 3.37. The first-order chi connectivity index (χ1) is 18.6. The predicted octanol–water partition coefficient (Wildman–Crippen LogP) is 4.86. The van der Waals surface area contributed by atoms with Gasteiger partial charge in [0.25, 0.3) is 0 Å². The Labute approximate surface area is 229 Å². The van der Waals surface area contributed by atoms with E-state index in [1.807, 2.05) is 58.0 Å². The van der Waals surface area contributed by atoms with E-state index < -0.39 is 5.60 Å². The zero-order valence-electron chi connectivity index (χ0n) is 23.6. The van der Waals surface area contributed by atoms with Crippen molar-refractivity contribution in [2.45, 2.75) is 33.3 Å². The number of ether oxygens (including phenoxy) is 4. The van der Waals surface area contributed by atoms with Gasteiger partial charge in [-0.3, -0.25) is 10.3 Å². The molecule has 4 rings (SSSR count). The minimum atomic E-state index is -0.496. The van der Waals surface area contributed by atoms with Crippen molar-refractivity contribution in [3.63, 3.8) is 0 Å². The van der Waals surface area contributed by atoms with Gasteiger partial charge in [0.05, 0.1) is 18.4 Å². The molecule has 210 valence electrons. The fourth-order valence-electron chi connectivity index (χ4n) is 4.48. The lowest BCUT2D eigenvalue weighted by atomic mass is 10.1. The first-order valence-corrected chi connectivity index (χ1v) is 13.2. The summed E-state index contributed by atoms with van der Waals surface area (Å²) in [5.41, 5.74) is 2.85. The maximum atomic E-state index is 12.3. The van der Waals surface area contributed by atoms with Crippen molar-refractivity contribution in [1.82, 2.24) is 14.8 Å². The third-order valence-corrected chi connectivity index (χ3v) is 6.45. The first kappa shape index (κ1) is 28.1. The van der Waals surface area contributed by atoms with Crippen LogP contribution in [0.25, 0.3) is 10.9 Å². The largest absolute Gasteiger partial charge is 0.493 e. The Morgan fingerprint density at radius 1 is 1.08 bits per heavy atom. The summed E-state index contributed by atoms with van der Waals surface area (Å²) in [6.45, 7) is 11.5. The van der Waals surface area contributed by atoms with E-state index in [-0.39, 0.29) is 12.0 Å². The Balaban J connectivity index is 1.35. The number of hydrogen-bond acceptors (Lipinski definition) is 8. The number of piperazine rings is 1. The van der Waals surface area contributed by atoms with Crippen LogP contribution in [0.15, 0.2) is 36.4 Å². The molecular formula is C29H39N5O5. The van der Waals surface area contributed by atoms with E-state index in [1.54, 1.807) is 25.1 Å². The van der Waals surface area contributed by atoms with Crippen LogP contribution in [0.2, 0.25) is 0 Å². The molecule has 3 N–H and O–H groups in total. The Kier molecular flexibility index (Phi) is 8.54. The second kappa shape index (κ2) is 11.9. The molecule has 10 heteroatoms. The number of aromatic amines is 1. The summed E-state index contributed by atoms with van der Waals surface area (Å²) in [6.07, 6.45) is -0.266. The molecule has 0 bridgehead atoms. The van der Waals surface area contributed by atoms with Gasteiger partial charge in [-0.05, 0) is 58.0 Å². The lowest BCUT2D eigenvalue weighted by molar-refractivity contribution is 0.0136. The maximum Gasteiger partial charge on any atom is 0.410 e. The molecule has 0 spiro atoms. The molecule has 1 amide bonds. The number of benzene rings is 2. The number of rotatable bonds is 8. The van der Waals surface area contributed by atoms with Crippen molar-refractivity contribution < 1.29 is 23.7 Å². The topological polar surface area (TPSA) is 112 Å². The summed E-state index contributed by atoms with van der Waals surface area (Å²) in [5.74, 6) is 1.68. The number of nitrogens with one attached hydrogen (secondary N) is 3. The Hall–Kier alpha value is -3.92. The summed E-state index contributed by atoms with van der Waals surface area (Å²) < 4.78 is 23.1. The van der Waals surface area contributed by atoms with E-state index >= 15 is 0 Å². The standard InChI is InChI=1S/C29H39N5O5/c1-19-15-20-16-21(7-8-23(20)32-19)38-27(30)22-17-25(36-6)26(18-24(22)31-5)37-14-13-33-9-11-34(12-10-33)28(35)39-29(2,3)4/h7-8,15-18,30-32H,9-14H2,1-6H3. The van der Waals surface area contributed by atoms with Crippen molar-refractivity contribution in [3.05, 3.63) is 47.7 Å². The van der Waals surface area contributed by atoms with Crippen LogP contribution in [0.1, 0.15) is 32.0 Å². The van der Waals surface area contributed by atoms with Gasteiger partial charge in [0.15, 0.2) is 11.5 Å². The minimum absolute atomic E-state index is 0.00124. The molecule has 1 saturated heterocycles. The number of carbonyl (C=O) groups is 1. The number of hydrogen-bond donors (Lipinski definition) is 3. The molecule has 39 heavy (non-hydrogen) atoms. The quantitative estimate of drug-likeness (QED) is 0.278. The Bertz CT molecular complexity index is 1320. The van der Waals surface area contributed by atoms with E-state index in [0.29, 0.717) is 54.7 Å². The lowest BCUT2D eigenvalue weighted by Crippen LogP contribution is -2.50. The predicted molar refractivity (Wildman–Crippen MR) is 153 cm³/mol. The van der Waals surface area contributed by atoms with Gasteiger partial charge in [-0.15, -0.1) is 0 Å². The highest BCUT2D eigenvalue weighted by Crippen LogP contribution is 2.34. The molecule has 2 heterocycles. The third kappa shape index (κ3) is 7.14. The van der Waals surface area contributed by atoms with Gasteiger partial charge in [0.2, 0.25) is 5.90 Å². The molecule has 3 aromatic rings. The Morgan fingerprint density at radius 2 is 1.82 bits per heavy atom. The second-order valence-electron chi connectivity index (χ2n) is 10.6. The molecule has 0 aliphatic carbocycles. The van der Waals surface area contributed by atoms with Gasteiger partial charge in [0, 0.05) is 62.4 Å². The normalized spacial score (nSPS) is 14.3. The van der Waals surface area contributed by atoms with Crippen LogP contribution in [0.4, 0.5) is 10.5 Å². The fourth-order valence-corrected chi connectivity index (χ4v) is 4.48. The second-order valence-corrected chi connectivity index (χ2v) is 10.6. The summed E-state index contributed by atoms with van der Waals surface area (Å²) >= 11 is 0. The van der Waals surface area contributed by atoms with E-state index in [1.165, 1.54) is 0 Å². The van der Waals surface area contributed by atoms with Crippen LogP contribution in [0, 0.1) is 12.3 Å². The van der Waals surface area contributed by atoms with Gasteiger partial charge < -0.3 is 34.1 Å². The van der Waals surface area contributed by atoms with E-state index in [9.17, 15) is 4.79 Å². The highest BCUT2D eigenvalue weighted by Gasteiger charge is 2.26. The molecule has 1 aromatic heterocycles. The molecule has 0 saturated carbocycles. The number of fused-ring (bicyclic) bond motifs is 1. The van der Waals surface area contributed by atoms with Gasteiger partial charge in [-0.1, -0.05) is 0 Å². The number of aromatic nitrogens is 1. The van der Waals surface area contributed by atoms with E-state index in [0.717, 1.165) is 29.7 Å². The molecular weight excluding hydrogens is 498 g/mol. The number of aryl methyl sites for hydroxylation is 1. The third-order valence-electron chi connectivity index (χ3n) is 6.45. The molecule has 1 aliphatic heterocycles. The fraction of sp³-hybridized carbons (Fsp3) is 0.448. The smallest absolute Gasteiger partial charge is 0.410 e. The molecule has 1 fully saturated rings. The zero-order valence-corrected chi connectivity index (χ0v) is 23.6. The van der Waals surface area contributed by atoms with Crippen molar-refractivity contribution in [2.24, 2.45) is 0 Å². The molecule has 0 radical (unpaired) electrons. The van der Waals surface area contributed by atoms with Gasteiger partial charge in [-0.2, -0.15) is 0 Å². The van der Waals surface area contributed by atoms with Crippen molar-refractivity contribution in [2.75, 3.05) is 58.8 Å². The Morgan fingerprint density at radius 3 is 2.49 bits per heavy atom. The van der Waals surface area contributed by atoms with Crippen LogP contribution in [0.5, 0.6) is 17.2 Å². The molecule has 10 nitrogen and oxygen atoms in total. The first-order valence-electron chi connectivity index (χ1n) is 13.2. The minimum Gasteiger partial charge on any atom is -0.493 e. The number of methoxy groups -OCH3 is 1. The van der Waals surface area contributed by atoms with Crippen molar-refractivity contribution in [3.8, 4) is 17.2 Å². The average molecular weight is 538 g/mol. The van der Waals surface area contributed by atoms with Crippen LogP contribution in [-0.2, 0) is 4.74 Å². The van der Waals surface area contributed by atoms with E-state index in [2.05, 4.69) is 15.2 Å². The zero-order chi connectivity index (χ0) is 28.2. The van der Waals surface area contributed by atoms with Gasteiger partial charge in [-0.25, -0.2) is 4.79 Å². The molecule has 2 aromatic carbocycles. The molecule has 0 unspecified atom stereocenters. The summed E-state index contributed by atoms with van der Waals surface area (Å²) in [4.78, 5) is 19.6. The lowest BCUT2D eigenvalue weighted by Gasteiger charge is -2.35. The monoisotopic (exact) mass is 537 g/mol. The number of H-pyrrole nitrogens is 1. The summed E-state index contributed by atoms with van der Waals surface area (Å²) in [5, 5.41) is 12.8. The average Bonchev–Trinajstić information content (AvgIpc) is 3.26. The van der Waals surface area contributed by atoms with E-state index in [4.69, 9.17) is 24.4 Å². The number of amides is 1. The van der Waals surface area contributed by atoms with Crippen LogP contribution in [0.3, 0.4) is 0 Å². The highest BCUT2D eigenvalue weighted by molar-refractivity contribution is 6.00. The van der Waals surface area contributed by atoms with Gasteiger partial charge >= 0.3 is 6.09 Å². The number of nitrogens with zero attached hydrogens (tertiary/aromatic N) is 2. The van der Waals surface area contributed by atoms with Crippen molar-refractivity contribution in [1.29, 1.82) is 5.41 Å². The maximum absolute atomic E-state index is 12.3. The number of carbonyl (C=O) groups excluding carboxylic acids is 1. The molecule has 0 atom stereocenters. The van der Waals surface area contributed by atoms with Crippen LogP contribution >= 0.6 is 0 Å². The van der Waals surface area contributed by atoms with Gasteiger partial charge in [0.1, 0.15) is 18.0 Å². The number of anilines is 1. The summed E-state index contributed by atoms with van der Waals surface area (Å²) in [6, 6.07) is 11.3. The van der Waals surface area contributed by atoms with Crippen molar-refractivity contribution >= 4 is 28.6 Å². The van der Waals surface area contributed by atoms with Crippen LogP contribution < -0.4 is 19.5 Å². The highest BCUT2D eigenvalue weighted by atomic mass is 16.6.